The molecule has 0 atom stereocenters. The van der Waals surface area contributed by atoms with E-state index in [-0.39, 0.29) is 17.0 Å². The van der Waals surface area contributed by atoms with Crippen LogP contribution >= 0.6 is 0 Å². The van der Waals surface area contributed by atoms with E-state index in [4.69, 9.17) is 11.5 Å². The maximum absolute atomic E-state index is 12.5. The van der Waals surface area contributed by atoms with Crippen molar-refractivity contribution in [2.24, 2.45) is 0 Å². The van der Waals surface area contributed by atoms with Crippen LogP contribution in [0.5, 0.6) is 0 Å². The Labute approximate surface area is 119 Å². The molecule has 1 aromatic rings. The number of aryl methyl sites for hydroxylation is 1. The molecule has 0 aliphatic carbocycles. The number of rotatable bonds is 6. The van der Waals surface area contributed by atoms with E-state index in [0.29, 0.717) is 18.5 Å². The molecule has 0 fully saturated rings. The molecule has 1 rings (SSSR count). The third-order valence-electron chi connectivity index (χ3n) is 2.79. The number of hydrogen-bond acceptors (Lipinski definition) is 3. The molecule has 0 spiro atoms. The van der Waals surface area contributed by atoms with Gasteiger partial charge in [0, 0.05) is 6.54 Å². The van der Waals surface area contributed by atoms with E-state index >= 15 is 0 Å². The van der Waals surface area contributed by atoms with Crippen LogP contribution in [0.25, 0.3) is 0 Å². The number of carbonyl (C=O) groups is 1. The normalized spacial score (nSPS) is 11.3. The minimum absolute atomic E-state index is 0.0129. The van der Waals surface area contributed by atoms with Gasteiger partial charge in [0.1, 0.15) is 0 Å². The molecule has 20 heavy (non-hydrogen) atoms. The molecule has 0 radical (unpaired) electrons. The fraction of sp³-hybridized carbons (Fsp3) is 0.357. The van der Waals surface area contributed by atoms with Gasteiger partial charge in [-0.3, -0.25) is 0 Å². The van der Waals surface area contributed by atoms with Crippen LogP contribution in [0.1, 0.15) is 29.3 Å². The molecule has 0 aliphatic rings. The molecule has 0 bridgehead atoms. The third kappa shape index (κ3) is 3.38. The van der Waals surface area contributed by atoms with Gasteiger partial charge in [0.15, 0.2) is 0 Å². The Bertz CT molecular complexity index is 644. The summed E-state index contributed by atoms with van der Waals surface area (Å²) in [5, 5.41) is 8.97. The van der Waals surface area contributed by atoms with Gasteiger partial charge >= 0.3 is 5.97 Å². The van der Waals surface area contributed by atoms with E-state index in [1.165, 1.54) is 22.5 Å². The fourth-order valence-corrected chi connectivity index (χ4v) is 3.48. The van der Waals surface area contributed by atoms with Crippen molar-refractivity contribution in [3.8, 4) is 12.3 Å². The Morgan fingerprint density at radius 3 is 2.60 bits per heavy atom. The van der Waals surface area contributed by atoms with E-state index in [9.17, 15) is 13.2 Å². The second kappa shape index (κ2) is 6.55. The summed E-state index contributed by atoms with van der Waals surface area (Å²) in [5.74, 6) is 1.15. The van der Waals surface area contributed by atoms with Crippen LogP contribution in [0.2, 0.25) is 0 Å². The summed E-state index contributed by atoms with van der Waals surface area (Å²) in [7, 11) is -3.78. The number of hydrogen-bond donors (Lipinski definition) is 1. The highest BCUT2D eigenvalue weighted by Gasteiger charge is 2.25. The zero-order valence-corrected chi connectivity index (χ0v) is 12.3. The summed E-state index contributed by atoms with van der Waals surface area (Å²) in [6, 6.07) is 4.03. The highest BCUT2D eigenvalue weighted by atomic mass is 32.2. The zero-order valence-electron chi connectivity index (χ0n) is 11.5. The first-order valence-electron chi connectivity index (χ1n) is 6.12. The highest BCUT2D eigenvalue weighted by molar-refractivity contribution is 7.89. The van der Waals surface area contributed by atoms with Crippen molar-refractivity contribution < 1.29 is 18.3 Å². The van der Waals surface area contributed by atoms with Crippen LogP contribution in [-0.2, 0) is 10.0 Å². The standard InChI is InChI=1S/C14H17NO4S/c1-4-8-15(9-5-2)20(18,19)13-10-12(14(16)17)7-6-11(13)3/h1,6-7,10H,5,8-9H2,2-3H3,(H,16,17). The van der Waals surface area contributed by atoms with Gasteiger partial charge < -0.3 is 5.11 Å². The number of sulfonamides is 1. The Morgan fingerprint density at radius 2 is 2.10 bits per heavy atom. The predicted octanol–water partition coefficient (Wildman–Crippen LogP) is 1.73. The summed E-state index contributed by atoms with van der Waals surface area (Å²) < 4.78 is 26.3. The molecule has 1 aromatic carbocycles. The molecule has 0 aromatic heterocycles. The number of terminal acetylenes is 1. The molecular formula is C14H17NO4S. The zero-order chi connectivity index (χ0) is 15.3. The van der Waals surface area contributed by atoms with Gasteiger partial charge in [-0.25, -0.2) is 13.2 Å². The summed E-state index contributed by atoms with van der Waals surface area (Å²) in [6.45, 7) is 3.73. The molecule has 0 amide bonds. The number of nitrogens with zero attached hydrogens (tertiary/aromatic N) is 1. The summed E-state index contributed by atoms with van der Waals surface area (Å²) in [4.78, 5) is 11.0. The molecule has 6 heteroatoms. The smallest absolute Gasteiger partial charge is 0.335 e. The predicted molar refractivity (Wildman–Crippen MR) is 76.0 cm³/mol. The quantitative estimate of drug-likeness (QED) is 0.811. The van der Waals surface area contributed by atoms with Gasteiger partial charge in [-0.05, 0) is 31.0 Å². The molecule has 0 saturated carbocycles. The fourth-order valence-electron chi connectivity index (χ4n) is 1.79. The first-order chi connectivity index (χ1) is 9.34. The van der Waals surface area contributed by atoms with Gasteiger partial charge in [-0.15, -0.1) is 6.42 Å². The number of carboxylic acid groups (broad SMARTS) is 1. The second-order valence-corrected chi connectivity index (χ2v) is 6.23. The third-order valence-corrected chi connectivity index (χ3v) is 4.78. The van der Waals surface area contributed by atoms with Crippen molar-refractivity contribution in [2.45, 2.75) is 25.2 Å². The summed E-state index contributed by atoms with van der Waals surface area (Å²) >= 11 is 0. The van der Waals surface area contributed by atoms with Crippen molar-refractivity contribution in [3.63, 3.8) is 0 Å². The van der Waals surface area contributed by atoms with Gasteiger partial charge in [0.05, 0.1) is 17.0 Å². The van der Waals surface area contributed by atoms with Gasteiger partial charge in [0.2, 0.25) is 10.0 Å². The lowest BCUT2D eigenvalue weighted by molar-refractivity contribution is 0.0696. The van der Waals surface area contributed by atoms with Crippen LogP contribution in [0.4, 0.5) is 0 Å². The van der Waals surface area contributed by atoms with Crippen molar-refractivity contribution in [1.82, 2.24) is 4.31 Å². The van der Waals surface area contributed by atoms with E-state index in [0.717, 1.165) is 0 Å². The molecule has 108 valence electrons. The summed E-state index contributed by atoms with van der Waals surface area (Å²) in [5.41, 5.74) is 0.430. The monoisotopic (exact) mass is 295 g/mol. The lowest BCUT2D eigenvalue weighted by Crippen LogP contribution is -2.32. The second-order valence-electron chi connectivity index (χ2n) is 4.33. The Kier molecular flexibility index (Phi) is 5.31. The van der Waals surface area contributed by atoms with E-state index in [1.54, 1.807) is 6.92 Å². The average Bonchev–Trinajstić information content (AvgIpc) is 2.38. The molecule has 0 saturated heterocycles. The molecule has 0 aliphatic heterocycles. The lowest BCUT2D eigenvalue weighted by atomic mass is 10.1. The Hall–Kier alpha value is -1.84. The molecule has 0 unspecified atom stereocenters. The number of benzene rings is 1. The van der Waals surface area contributed by atoms with Crippen molar-refractivity contribution in [1.29, 1.82) is 0 Å². The van der Waals surface area contributed by atoms with Crippen LogP contribution in [-0.4, -0.2) is 36.9 Å². The Balaban J connectivity index is 3.36. The molecule has 5 nitrogen and oxygen atoms in total. The number of carboxylic acids is 1. The summed E-state index contributed by atoms with van der Waals surface area (Å²) in [6.07, 6.45) is 5.82. The van der Waals surface area contributed by atoms with Crippen LogP contribution in [0, 0.1) is 19.3 Å². The first-order valence-corrected chi connectivity index (χ1v) is 7.56. The van der Waals surface area contributed by atoms with E-state index in [2.05, 4.69) is 5.92 Å². The maximum Gasteiger partial charge on any atom is 0.335 e. The average molecular weight is 295 g/mol. The Morgan fingerprint density at radius 1 is 1.45 bits per heavy atom. The van der Waals surface area contributed by atoms with Gasteiger partial charge in [0.25, 0.3) is 0 Å². The SMILES string of the molecule is C#CCN(CCC)S(=O)(=O)c1cc(C(=O)O)ccc1C. The molecule has 0 heterocycles. The largest absolute Gasteiger partial charge is 0.478 e. The van der Waals surface area contributed by atoms with Gasteiger partial charge in [-0.1, -0.05) is 18.9 Å². The molecular weight excluding hydrogens is 278 g/mol. The molecule has 1 N–H and O–H groups in total. The first kappa shape index (κ1) is 16.2. The van der Waals surface area contributed by atoms with Crippen molar-refractivity contribution >= 4 is 16.0 Å². The van der Waals surface area contributed by atoms with E-state index in [1.807, 2.05) is 6.92 Å². The minimum Gasteiger partial charge on any atom is -0.478 e. The van der Waals surface area contributed by atoms with Crippen molar-refractivity contribution in [3.05, 3.63) is 29.3 Å². The minimum atomic E-state index is -3.78. The number of aromatic carboxylic acids is 1. The van der Waals surface area contributed by atoms with Crippen LogP contribution in [0.15, 0.2) is 23.1 Å². The van der Waals surface area contributed by atoms with Crippen LogP contribution < -0.4 is 0 Å². The van der Waals surface area contributed by atoms with Crippen molar-refractivity contribution in [2.75, 3.05) is 13.1 Å². The van der Waals surface area contributed by atoms with E-state index < -0.39 is 16.0 Å². The van der Waals surface area contributed by atoms with Gasteiger partial charge in [-0.2, -0.15) is 4.31 Å². The maximum atomic E-state index is 12.5. The topological polar surface area (TPSA) is 74.7 Å². The lowest BCUT2D eigenvalue weighted by Gasteiger charge is -2.20. The van der Waals surface area contributed by atoms with Crippen LogP contribution in [0.3, 0.4) is 0 Å². The highest BCUT2D eigenvalue weighted by Crippen LogP contribution is 2.21.